The van der Waals surface area contributed by atoms with E-state index in [1.54, 1.807) is 0 Å². The zero-order chi connectivity index (χ0) is 15.0. The third kappa shape index (κ3) is 2.39. The normalized spacial score (nSPS) is 18.2. The second-order valence-corrected chi connectivity index (χ2v) is 5.57. The van der Waals surface area contributed by atoms with E-state index in [0.29, 0.717) is 13.1 Å². The minimum Gasteiger partial charge on any atom is -0.465 e. The molecule has 0 saturated carbocycles. The van der Waals surface area contributed by atoms with Crippen molar-refractivity contribution in [3.8, 4) is 0 Å². The molecule has 2 aromatic rings. The lowest BCUT2D eigenvalue weighted by Crippen LogP contribution is -2.36. The van der Waals surface area contributed by atoms with Crippen LogP contribution in [0.1, 0.15) is 12.0 Å². The molecule has 5 nitrogen and oxygen atoms in total. The average molecular weight is 285 g/mol. The monoisotopic (exact) mass is 285 g/mol. The van der Waals surface area contributed by atoms with Crippen LogP contribution in [-0.2, 0) is 0 Å². The number of para-hydroxylation sites is 1. The Balaban J connectivity index is 1.90. The zero-order valence-corrected chi connectivity index (χ0v) is 12.3. The number of pyridine rings is 1. The van der Waals surface area contributed by atoms with E-state index in [-0.39, 0.29) is 6.04 Å². The maximum Gasteiger partial charge on any atom is 0.407 e. The SMILES string of the molecule is Cc1c(N(C)C2CCN(C(=O)O)C2)cnc2ccccc12. The summed E-state index contributed by atoms with van der Waals surface area (Å²) in [6.45, 7) is 3.25. The van der Waals surface area contributed by atoms with Gasteiger partial charge in [0.1, 0.15) is 0 Å². The van der Waals surface area contributed by atoms with Gasteiger partial charge in [-0.15, -0.1) is 0 Å². The third-order valence-corrected chi connectivity index (χ3v) is 4.38. The first-order chi connectivity index (χ1) is 10.1. The maximum atomic E-state index is 11.0. The van der Waals surface area contributed by atoms with Gasteiger partial charge in [-0.25, -0.2) is 4.79 Å². The zero-order valence-electron chi connectivity index (χ0n) is 12.3. The lowest BCUT2D eigenvalue weighted by atomic mass is 10.1. The minimum atomic E-state index is -0.834. The molecular weight excluding hydrogens is 266 g/mol. The largest absolute Gasteiger partial charge is 0.465 e. The Hall–Kier alpha value is -2.30. The van der Waals surface area contributed by atoms with Gasteiger partial charge in [-0.05, 0) is 25.0 Å². The van der Waals surface area contributed by atoms with Gasteiger partial charge in [0.2, 0.25) is 0 Å². The molecule has 1 saturated heterocycles. The van der Waals surface area contributed by atoms with Crippen molar-refractivity contribution in [3.05, 3.63) is 36.0 Å². The Morgan fingerprint density at radius 3 is 2.90 bits per heavy atom. The molecule has 0 bridgehead atoms. The standard InChI is InChI=1S/C16H19N3O2/c1-11-13-5-3-4-6-14(13)17-9-15(11)18(2)12-7-8-19(10-12)16(20)21/h3-6,9,12H,7-8,10H2,1-2H3,(H,20,21). The van der Waals surface area contributed by atoms with Crippen molar-refractivity contribution < 1.29 is 9.90 Å². The smallest absolute Gasteiger partial charge is 0.407 e. The fourth-order valence-corrected chi connectivity index (χ4v) is 3.05. The third-order valence-electron chi connectivity index (χ3n) is 4.38. The molecule has 1 unspecified atom stereocenters. The van der Waals surface area contributed by atoms with Gasteiger partial charge >= 0.3 is 6.09 Å². The van der Waals surface area contributed by atoms with Crippen molar-refractivity contribution in [2.24, 2.45) is 0 Å². The van der Waals surface area contributed by atoms with Crippen LogP contribution in [-0.4, -0.2) is 47.3 Å². The highest BCUT2D eigenvalue weighted by Gasteiger charge is 2.29. The Morgan fingerprint density at radius 1 is 1.43 bits per heavy atom. The predicted octanol–water partition coefficient (Wildman–Crippen LogP) is 2.73. The number of hydrogen-bond donors (Lipinski definition) is 1. The summed E-state index contributed by atoms with van der Waals surface area (Å²) < 4.78 is 0. The quantitative estimate of drug-likeness (QED) is 0.921. The molecule has 1 aromatic carbocycles. The van der Waals surface area contributed by atoms with Crippen molar-refractivity contribution in [1.82, 2.24) is 9.88 Å². The van der Waals surface area contributed by atoms with Gasteiger partial charge in [-0.2, -0.15) is 0 Å². The lowest BCUT2D eigenvalue weighted by molar-refractivity contribution is 0.155. The number of anilines is 1. The summed E-state index contributed by atoms with van der Waals surface area (Å²) in [6, 6.07) is 8.30. The number of carbonyl (C=O) groups is 1. The van der Waals surface area contributed by atoms with Crippen LogP contribution in [0, 0.1) is 6.92 Å². The number of benzene rings is 1. The van der Waals surface area contributed by atoms with Gasteiger partial charge < -0.3 is 14.9 Å². The Bertz CT molecular complexity index is 686. The first kappa shape index (κ1) is 13.7. The molecule has 0 aliphatic carbocycles. The summed E-state index contributed by atoms with van der Waals surface area (Å²) in [5.41, 5.74) is 3.26. The second kappa shape index (κ2) is 5.24. The number of hydrogen-bond acceptors (Lipinski definition) is 3. The summed E-state index contributed by atoms with van der Waals surface area (Å²) in [5.74, 6) is 0. The van der Waals surface area contributed by atoms with Crippen LogP contribution in [0.2, 0.25) is 0 Å². The van der Waals surface area contributed by atoms with Crippen LogP contribution in [0.25, 0.3) is 10.9 Å². The second-order valence-electron chi connectivity index (χ2n) is 5.57. The molecule has 0 spiro atoms. The lowest BCUT2D eigenvalue weighted by Gasteiger charge is -2.28. The van der Waals surface area contributed by atoms with E-state index in [1.165, 1.54) is 10.5 Å². The van der Waals surface area contributed by atoms with Gasteiger partial charge in [-0.1, -0.05) is 18.2 Å². The molecule has 0 radical (unpaired) electrons. The maximum absolute atomic E-state index is 11.0. The van der Waals surface area contributed by atoms with Crippen LogP contribution in [0.15, 0.2) is 30.5 Å². The Morgan fingerprint density at radius 2 is 2.19 bits per heavy atom. The van der Waals surface area contributed by atoms with Crippen LogP contribution in [0.3, 0.4) is 0 Å². The highest BCUT2D eigenvalue weighted by atomic mass is 16.4. The van der Waals surface area contributed by atoms with Gasteiger partial charge in [0, 0.05) is 31.6 Å². The summed E-state index contributed by atoms with van der Waals surface area (Å²) in [4.78, 5) is 19.2. The molecule has 1 N–H and O–H groups in total. The number of aromatic nitrogens is 1. The average Bonchev–Trinajstić information content (AvgIpc) is 2.97. The van der Waals surface area contributed by atoms with Crippen molar-refractivity contribution in [2.45, 2.75) is 19.4 Å². The summed E-state index contributed by atoms with van der Waals surface area (Å²) in [5, 5.41) is 10.2. The van der Waals surface area contributed by atoms with E-state index < -0.39 is 6.09 Å². The number of aryl methyl sites for hydroxylation is 1. The van der Waals surface area contributed by atoms with E-state index in [9.17, 15) is 4.79 Å². The number of nitrogens with zero attached hydrogens (tertiary/aromatic N) is 3. The van der Waals surface area contributed by atoms with E-state index in [4.69, 9.17) is 5.11 Å². The van der Waals surface area contributed by atoms with Gasteiger partial charge in [0.05, 0.1) is 17.4 Å². The summed E-state index contributed by atoms with van der Waals surface area (Å²) in [7, 11) is 2.02. The van der Waals surface area contributed by atoms with Crippen molar-refractivity contribution in [1.29, 1.82) is 0 Å². The molecule has 1 atom stereocenters. The van der Waals surface area contributed by atoms with E-state index >= 15 is 0 Å². The van der Waals surface area contributed by atoms with Gasteiger partial charge in [0.25, 0.3) is 0 Å². The number of likely N-dealkylation sites (N-methyl/N-ethyl adjacent to an activating group) is 1. The van der Waals surface area contributed by atoms with Crippen LogP contribution in [0.5, 0.6) is 0 Å². The minimum absolute atomic E-state index is 0.211. The first-order valence-electron chi connectivity index (χ1n) is 7.13. The summed E-state index contributed by atoms with van der Waals surface area (Å²) in [6.07, 6.45) is 1.91. The molecule has 21 heavy (non-hydrogen) atoms. The number of fused-ring (bicyclic) bond motifs is 1. The van der Waals surface area contributed by atoms with Crippen LogP contribution < -0.4 is 4.90 Å². The molecule has 5 heteroatoms. The van der Waals surface area contributed by atoms with Crippen molar-refractivity contribution in [2.75, 3.05) is 25.0 Å². The van der Waals surface area contributed by atoms with E-state index in [1.807, 2.05) is 31.4 Å². The molecule has 2 heterocycles. The van der Waals surface area contributed by atoms with Gasteiger partial charge in [-0.3, -0.25) is 4.98 Å². The van der Waals surface area contributed by atoms with E-state index in [0.717, 1.165) is 23.0 Å². The molecule has 1 aliphatic heterocycles. The molecule has 1 aromatic heterocycles. The highest BCUT2D eigenvalue weighted by molar-refractivity contribution is 5.86. The fraction of sp³-hybridized carbons (Fsp3) is 0.375. The highest BCUT2D eigenvalue weighted by Crippen LogP contribution is 2.28. The van der Waals surface area contributed by atoms with Crippen molar-refractivity contribution >= 4 is 22.7 Å². The number of likely N-dealkylation sites (tertiary alicyclic amines) is 1. The summed E-state index contributed by atoms with van der Waals surface area (Å²) >= 11 is 0. The van der Waals surface area contributed by atoms with Gasteiger partial charge in [0.15, 0.2) is 0 Å². The topological polar surface area (TPSA) is 56.7 Å². The number of carboxylic acid groups (broad SMARTS) is 1. The number of rotatable bonds is 2. The molecular formula is C16H19N3O2. The van der Waals surface area contributed by atoms with Crippen molar-refractivity contribution in [3.63, 3.8) is 0 Å². The predicted molar refractivity (Wildman–Crippen MR) is 82.9 cm³/mol. The Kier molecular flexibility index (Phi) is 3.41. The first-order valence-corrected chi connectivity index (χ1v) is 7.13. The van der Waals surface area contributed by atoms with Crippen LogP contribution >= 0.6 is 0 Å². The van der Waals surface area contributed by atoms with Crippen LogP contribution in [0.4, 0.5) is 10.5 Å². The molecule has 1 aliphatic rings. The molecule has 1 fully saturated rings. The van der Waals surface area contributed by atoms with E-state index in [2.05, 4.69) is 22.9 Å². The molecule has 110 valence electrons. The fourth-order valence-electron chi connectivity index (χ4n) is 3.05. The molecule has 3 rings (SSSR count). The molecule has 1 amide bonds. The number of amides is 1. The Labute approximate surface area is 123 Å².